The molecular formula is C20H26O6. The standard InChI is InChI=1S/C20H26O6/c1-22-12-8-11-15(17(24-3)16(12)23-2)13-9-19-6-4-5-7-20(19,26-13)14(10-21)25-18(11)19/h8,13-14,18,21H,4-7,9-10H2,1-3H3/t13-,14+,18-,19?,20-/m1/s1. The van der Waals surface area contributed by atoms with E-state index >= 15 is 0 Å². The molecule has 4 aliphatic rings. The number of rotatable bonds is 4. The first kappa shape index (κ1) is 16.7. The van der Waals surface area contributed by atoms with Crippen LogP contribution in [-0.2, 0) is 9.47 Å². The molecule has 5 rings (SSSR count). The summed E-state index contributed by atoms with van der Waals surface area (Å²) < 4.78 is 30.1. The van der Waals surface area contributed by atoms with E-state index in [9.17, 15) is 5.11 Å². The Labute approximate surface area is 153 Å². The highest BCUT2D eigenvalue weighted by molar-refractivity contribution is 5.62. The molecule has 1 saturated carbocycles. The van der Waals surface area contributed by atoms with Crippen molar-refractivity contribution in [2.75, 3.05) is 27.9 Å². The summed E-state index contributed by atoms with van der Waals surface area (Å²) in [6.45, 7) is -0.00920. The van der Waals surface area contributed by atoms with E-state index in [0.29, 0.717) is 17.2 Å². The maximum absolute atomic E-state index is 10.0. The second kappa shape index (κ2) is 5.50. The number of ether oxygens (including phenoxy) is 5. The van der Waals surface area contributed by atoms with Crippen LogP contribution in [0.3, 0.4) is 0 Å². The van der Waals surface area contributed by atoms with E-state index in [4.69, 9.17) is 23.7 Å². The van der Waals surface area contributed by atoms with E-state index in [1.807, 2.05) is 6.07 Å². The van der Waals surface area contributed by atoms with Crippen LogP contribution < -0.4 is 14.2 Å². The Bertz CT molecular complexity index is 748. The average Bonchev–Trinajstić information content (AvgIpc) is 3.13. The van der Waals surface area contributed by atoms with Crippen LogP contribution in [0.2, 0.25) is 0 Å². The van der Waals surface area contributed by atoms with E-state index < -0.39 is 5.60 Å². The maximum Gasteiger partial charge on any atom is 0.203 e. The first-order valence-electron chi connectivity index (χ1n) is 9.42. The van der Waals surface area contributed by atoms with Crippen LogP contribution in [0, 0.1) is 5.41 Å². The zero-order valence-electron chi connectivity index (χ0n) is 15.5. The number of methoxy groups -OCH3 is 3. The first-order valence-corrected chi connectivity index (χ1v) is 9.42. The molecule has 0 aromatic heterocycles. The lowest BCUT2D eigenvalue weighted by atomic mass is 9.56. The molecule has 142 valence electrons. The minimum atomic E-state index is -0.403. The molecular weight excluding hydrogens is 336 g/mol. The van der Waals surface area contributed by atoms with Crippen LogP contribution >= 0.6 is 0 Å². The normalized spacial score (nSPS) is 39.3. The molecule has 1 aromatic rings. The van der Waals surface area contributed by atoms with Gasteiger partial charge in [-0.3, -0.25) is 0 Å². The van der Waals surface area contributed by atoms with Gasteiger partial charge in [-0.2, -0.15) is 0 Å². The van der Waals surface area contributed by atoms with Crippen molar-refractivity contribution >= 4 is 0 Å². The molecule has 2 aliphatic carbocycles. The van der Waals surface area contributed by atoms with Gasteiger partial charge < -0.3 is 28.8 Å². The fourth-order valence-electron chi connectivity index (χ4n) is 6.26. The van der Waals surface area contributed by atoms with Gasteiger partial charge >= 0.3 is 0 Å². The van der Waals surface area contributed by atoms with Gasteiger partial charge in [0.05, 0.1) is 40.1 Å². The highest BCUT2D eigenvalue weighted by Gasteiger charge is 2.75. The third-order valence-corrected chi connectivity index (χ3v) is 7.16. The van der Waals surface area contributed by atoms with Gasteiger partial charge in [0.25, 0.3) is 0 Å². The van der Waals surface area contributed by atoms with E-state index in [1.165, 1.54) is 6.42 Å². The molecule has 2 saturated heterocycles. The van der Waals surface area contributed by atoms with Crippen molar-refractivity contribution in [1.82, 2.24) is 0 Å². The van der Waals surface area contributed by atoms with Crippen molar-refractivity contribution in [2.24, 2.45) is 5.41 Å². The van der Waals surface area contributed by atoms with Crippen molar-refractivity contribution in [1.29, 1.82) is 0 Å². The van der Waals surface area contributed by atoms with Gasteiger partial charge in [0.15, 0.2) is 11.5 Å². The molecule has 0 radical (unpaired) electrons. The molecule has 2 aliphatic heterocycles. The van der Waals surface area contributed by atoms with E-state index in [-0.39, 0.29) is 30.3 Å². The fourth-order valence-corrected chi connectivity index (χ4v) is 6.26. The summed E-state index contributed by atoms with van der Waals surface area (Å²) in [7, 11) is 4.90. The van der Waals surface area contributed by atoms with Gasteiger partial charge in [-0.05, 0) is 30.9 Å². The summed E-state index contributed by atoms with van der Waals surface area (Å²) in [5.74, 6) is 1.90. The summed E-state index contributed by atoms with van der Waals surface area (Å²) in [6, 6.07) is 2.02. The third kappa shape index (κ3) is 1.69. The van der Waals surface area contributed by atoms with Gasteiger partial charge in [0, 0.05) is 11.0 Å². The van der Waals surface area contributed by atoms with Crippen LogP contribution in [0.4, 0.5) is 0 Å². The molecule has 1 N–H and O–H groups in total. The van der Waals surface area contributed by atoms with E-state index in [0.717, 1.165) is 36.8 Å². The van der Waals surface area contributed by atoms with Crippen LogP contribution in [0.1, 0.15) is 55.4 Å². The molecule has 1 aromatic carbocycles. The Balaban J connectivity index is 1.76. The summed E-state index contributed by atoms with van der Waals surface area (Å²) in [5.41, 5.74) is 1.61. The molecule has 6 nitrogen and oxygen atoms in total. The number of benzene rings is 1. The number of aliphatic hydroxyl groups excluding tert-OH is 1. The summed E-state index contributed by atoms with van der Waals surface area (Å²) in [5, 5.41) is 10.0. The van der Waals surface area contributed by atoms with Crippen LogP contribution in [0.5, 0.6) is 17.2 Å². The van der Waals surface area contributed by atoms with Crippen molar-refractivity contribution in [3.05, 3.63) is 17.2 Å². The van der Waals surface area contributed by atoms with Crippen molar-refractivity contribution in [2.45, 2.75) is 56.0 Å². The lowest BCUT2D eigenvalue weighted by molar-refractivity contribution is -0.140. The molecule has 3 fully saturated rings. The topological polar surface area (TPSA) is 66.4 Å². The lowest BCUT2D eigenvalue weighted by Crippen LogP contribution is -2.52. The Morgan fingerprint density at radius 3 is 2.58 bits per heavy atom. The van der Waals surface area contributed by atoms with Gasteiger partial charge in [-0.1, -0.05) is 12.8 Å². The molecule has 2 heterocycles. The summed E-state index contributed by atoms with van der Waals surface area (Å²) >= 11 is 0. The number of fused-ring (bicyclic) bond motifs is 4. The number of hydrogen-bond acceptors (Lipinski definition) is 6. The molecule has 0 amide bonds. The lowest BCUT2D eigenvalue weighted by Gasteiger charge is -2.45. The van der Waals surface area contributed by atoms with Crippen LogP contribution in [-0.4, -0.2) is 44.7 Å². The largest absolute Gasteiger partial charge is 0.493 e. The summed E-state index contributed by atoms with van der Waals surface area (Å²) in [4.78, 5) is 0. The Morgan fingerprint density at radius 2 is 1.88 bits per heavy atom. The Kier molecular flexibility index (Phi) is 3.53. The van der Waals surface area contributed by atoms with Gasteiger partial charge in [-0.25, -0.2) is 0 Å². The minimum absolute atomic E-state index is 0.00920. The summed E-state index contributed by atoms with van der Waals surface area (Å²) in [6.07, 6.45) is 4.76. The zero-order valence-corrected chi connectivity index (χ0v) is 15.5. The highest BCUT2D eigenvalue weighted by Crippen LogP contribution is 2.75. The van der Waals surface area contributed by atoms with Gasteiger partial charge in [0.2, 0.25) is 5.75 Å². The van der Waals surface area contributed by atoms with Gasteiger partial charge in [-0.15, -0.1) is 0 Å². The fraction of sp³-hybridized carbons (Fsp3) is 0.700. The van der Waals surface area contributed by atoms with E-state index in [1.54, 1.807) is 21.3 Å². The predicted molar refractivity (Wildman–Crippen MR) is 92.9 cm³/mol. The maximum atomic E-state index is 10.0. The average molecular weight is 362 g/mol. The number of hydrogen-bond donors (Lipinski definition) is 1. The quantitative estimate of drug-likeness (QED) is 0.888. The van der Waals surface area contributed by atoms with E-state index in [2.05, 4.69) is 0 Å². The van der Waals surface area contributed by atoms with Crippen LogP contribution in [0.15, 0.2) is 6.07 Å². The highest BCUT2D eigenvalue weighted by atomic mass is 16.6. The molecule has 1 spiro atoms. The second-order valence-electron chi connectivity index (χ2n) is 7.90. The second-order valence-corrected chi connectivity index (χ2v) is 7.90. The number of aliphatic hydroxyl groups is 1. The Morgan fingerprint density at radius 1 is 1.12 bits per heavy atom. The predicted octanol–water partition coefficient (Wildman–Crippen LogP) is 2.92. The molecule has 6 heteroatoms. The molecule has 5 atom stereocenters. The minimum Gasteiger partial charge on any atom is -0.493 e. The SMILES string of the molecule is COc1cc2c(c(OC)c1OC)[C@H]1CC34CCCC[C@@]3(O1)[C@H](CO)O[C@H]24. The molecule has 26 heavy (non-hydrogen) atoms. The van der Waals surface area contributed by atoms with Crippen molar-refractivity contribution < 1.29 is 28.8 Å². The molecule has 1 unspecified atom stereocenters. The van der Waals surface area contributed by atoms with Crippen molar-refractivity contribution in [3.8, 4) is 17.2 Å². The smallest absolute Gasteiger partial charge is 0.203 e. The first-order chi connectivity index (χ1) is 12.7. The zero-order chi connectivity index (χ0) is 18.1. The third-order valence-electron chi connectivity index (χ3n) is 7.16. The van der Waals surface area contributed by atoms with Gasteiger partial charge in [0.1, 0.15) is 11.7 Å². The Hall–Kier alpha value is -1.50. The van der Waals surface area contributed by atoms with Crippen molar-refractivity contribution in [3.63, 3.8) is 0 Å². The molecule has 2 bridgehead atoms. The monoisotopic (exact) mass is 362 g/mol. The van der Waals surface area contributed by atoms with Crippen LogP contribution in [0.25, 0.3) is 0 Å².